The van der Waals surface area contributed by atoms with Gasteiger partial charge in [-0.25, -0.2) is 0 Å². The molecule has 120 valence electrons. The monoisotopic (exact) mass is 305 g/mol. The van der Waals surface area contributed by atoms with E-state index >= 15 is 0 Å². The van der Waals surface area contributed by atoms with Crippen LogP contribution < -0.4 is 5.32 Å². The van der Waals surface area contributed by atoms with Gasteiger partial charge in [0.25, 0.3) is 5.91 Å². The second-order valence-electron chi connectivity index (χ2n) is 5.25. The van der Waals surface area contributed by atoms with Gasteiger partial charge in [-0.1, -0.05) is 13.8 Å². The molecule has 7 nitrogen and oxygen atoms in total. The Labute approximate surface area is 130 Å². The molecule has 2 aromatic heterocycles. The zero-order valence-corrected chi connectivity index (χ0v) is 13.5. The fourth-order valence-corrected chi connectivity index (χ4v) is 2.48. The number of carbonyl (C=O) groups is 1. The normalized spacial score (nSPS) is 11.1. The summed E-state index contributed by atoms with van der Waals surface area (Å²) in [6.45, 7) is 4.66. The molecule has 0 atom stereocenters. The number of anilines is 1. The maximum absolute atomic E-state index is 12.3. The van der Waals surface area contributed by atoms with E-state index in [4.69, 9.17) is 4.74 Å². The predicted molar refractivity (Wildman–Crippen MR) is 83.8 cm³/mol. The van der Waals surface area contributed by atoms with Crippen LogP contribution in [0, 0.1) is 0 Å². The van der Waals surface area contributed by atoms with Gasteiger partial charge in [-0.15, -0.1) is 0 Å². The molecule has 0 radical (unpaired) electrons. The molecule has 7 heteroatoms. The first-order valence-electron chi connectivity index (χ1n) is 7.47. The standard InChI is InChI=1S/C15H23N5O2/c1-5-10(6-2)12-8-14(18-17-12)16-15(21)13-7-11(9-22-4)19-20(13)3/h7-8,10H,5-6,9H2,1-4H3,(H2,16,17,18,21). The Morgan fingerprint density at radius 1 is 1.41 bits per heavy atom. The number of aromatic nitrogens is 4. The fraction of sp³-hybridized carbons (Fsp3) is 0.533. The number of H-pyrrole nitrogens is 1. The maximum atomic E-state index is 12.3. The van der Waals surface area contributed by atoms with Crippen LogP contribution in [0.25, 0.3) is 0 Å². The number of rotatable bonds is 7. The summed E-state index contributed by atoms with van der Waals surface area (Å²) in [7, 11) is 3.33. The minimum Gasteiger partial charge on any atom is -0.378 e. The molecule has 0 aliphatic heterocycles. The lowest BCUT2D eigenvalue weighted by atomic mass is 10.00. The van der Waals surface area contributed by atoms with Crippen molar-refractivity contribution < 1.29 is 9.53 Å². The zero-order valence-electron chi connectivity index (χ0n) is 13.5. The Morgan fingerprint density at radius 2 is 2.14 bits per heavy atom. The largest absolute Gasteiger partial charge is 0.378 e. The van der Waals surface area contributed by atoms with Crippen LogP contribution >= 0.6 is 0 Å². The van der Waals surface area contributed by atoms with Gasteiger partial charge in [-0.05, 0) is 18.9 Å². The maximum Gasteiger partial charge on any atom is 0.275 e. The van der Waals surface area contributed by atoms with E-state index < -0.39 is 0 Å². The third-order valence-electron chi connectivity index (χ3n) is 3.72. The van der Waals surface area contributed by atoms with Gasteiger partial charge >= 0.3 is 0 Å². The molecule has 2 heterocycles. The molecular weight excluding hydrogens is 282 g/mol. The summed E-state index contributed by atoms with van der Waals surface area (Å²) >= 11 is 0. The number of carbonyl (C=O) groups excluding carboxylic acids is 1. The first kappa shape index (κ1) is 16.2. The van der Waals surface area contributed by atoms with Crippen molar-refractivity contribution in [2.45, 2.75) is 39.2 Å². The van der Waals surface area contributed by atoms with Crippen LogP contribution in [-0.4, -0.2) is 33.0 Å². The molecule has 0 bridgehead atoms. The van der Waals surface area contributed by atoms with E-state index in [9.17, 15) is 4.79 Å². The van der Waals surface area contributed by atoms with Crippen LogP contribution in [0.1, 0.15) is 54.5 Å². The number of nitrogens with zero attached hydrogens (tertiary/aromatic N) is 3. The Morgan fingerprint density at radius 3 is 2.77 bits per heavy atom. The smallest absolute Gasteiger partial charge is 0.275 e. The predicted octanol–water partition coefficient (Wildman–Crippen LogP) is 2.45. The van der Waals surface area contributed by atoms with Gasteiger partial charge < -0.3 is 10.1 Å². The highest BCUT2D eigenvalue weighted by molar-refractivity contribution is 6.02. The summed E-state index contributed by atoms with van der Waals surface area (Å²) in [5, 5.41) is 14.2. The molecular formula is C15H23N5O2. The summed E-state index contributed by atoms with van der Waals surface area (Å²) in [6.07, 6.45) is 2.07. The molecule has 0 saturated heterocycles. The van der Waals surface area contributed by atoms with Crippen LogP contribution in [0.5, 0.6) is 0 Å². The quantitative estimate of drug-likeness (QED) is 0.823. The summed E-state index contributed by atoms with van der Waals surface area (Å²) in [6, 6.07) is 3.61. The Balaban J connectivity index is 2.09. The van der Waals surface area contributed by atoms with Gasteiger partial charge in [0.05, 0.1) is 12.3 Å². The highest BCUT2D eigenvalue weighted by Gasteiger charge is 2.16. The molecule has 0 aromatic carbocycles. The van der Waals surface area contributed by atoms with Crippen LogP contribution in [0.3, 0.4) is 0 Å². The molecule has 0 saturated carbocycles. The van der Waals surface area contributed by atoms with E-state index in [0.29, 0.717) is 24.0 Å². The minimum absolute atomic E-state index is 0.236. The summed E-state index contributed by atoms with van der Waals surface area (Å²) < 4.78 is 6.56. The lowest BCUT2D eigenvalue weighted by molar-refractivity contribution is 0.101. The van der Waals surface area contributed by atoms with E-state index in [1.54, 1.807) is 20.2 Å². The first-order valence-corrected chi connectivity index (χ1v) is 7.47. The molecule has 2 rings (SSSR count). The SMILES string of the molecule is CCC(CC)c1cc(NC(=O)c2cc(COC)nn2C)n[nH]1. The number of hydrogen-bond acceptors (Lipinski definition) is 4. The van der Waals surface area contributed by atoms with Gasteiger partial charge in [0, 0.05) is 31.8 Å². The zero-order chi connectivity index (χ0) is 16.1. The van der Waals surface area contributed by atoms with Crippen molar-refractivity contribution in [3.8, 4) is 0 Å². The van der Waals surface area contributed by atoms with Crippen LogP contribution in [0.15, 0.2) is 12.1 Å². The van der Waals surface area contributed by atoms with Crippen LogP contribution in [0.2, 0.25) is 0 Å². The Hall–Kier alpha value is -2.15. The lowest BCUT2D eigenvalue weighted by Crippen LogP contribution is -2.16. The summed E-state index contributed by atoms with van der Waals surface area (Å²) in [5.41, 5.74) is 2.24. The highest BCUT2D eigenvalue weighted by atomic mass is 16.5. The van der Waals surface area contributed by atoms with E-state index in [1.165, 1.54) is 4.68 Å². The average molecular weight is 305 g/mol. The number of methoxy groups -OCH3 is 1. The van der Waals surface area contributed by atoms with Crippen molar-refractivity contribution >= 4 is 11.7 Å². The Kier molecular flexibility index (Phi) is 5.32. The van der Waals surface area contributed by atoms with E-state index in [1.807, 2.05) is 6.07 Å². The van der Waals surface area contributed by atoms with Gasteiger partial charge in [-0.2, -0.15) is 10.2 Å². The van der Waals surface area contributed by atoms with Crippen molar-refractivity contribution in [2.24, 2.45) is 7.05 Å². The molecule has 0 aliphatic carbocycles. The summed E-state index contributed by atoms with van der Waals surface area (Å²) in [4.78, 5) is 12.3. The average Bonchev–Trinajstić information content (AvgIpc) is 3.08. The number of amides is 1. The summed E-state index contributed by atoms with van der Waals surface area (Å²) in [5.74, 6) is 0.726. The third kappa shape index (κ3) is 3.54. The molecule has 0 fully saturated rings. The van der Waals surface area contributed by atoms with E-state index in [-0.39, 0.29) is 5.91 Å². The van der Waals surface area contributed by atoms with Crippen molar-refractivity contribution in [3.63, 3.8) is 0 Å². The molecule has 0 aliphatic rings. The number of ether oxygens (including phenoxy) is 1. The molecule has 0 unspecified atom stereocenters. The van der Waals surface area contributed by atoms with Crippen molar-refractivity contribution in [1.82, 2.24) is 20.0 Å². The minimum atomic E-state index is -0.236. The van der Waals surface area contributed by atoms with E-state index in [0.717, 1.165) is 24.2 Å². The van der Waals surface area contributed by atoms with Gasteiger partial charge in [0.15, 0.2) is 5.82 Å². The van der Waals surface area contributed by atoms with Crippen molar-refractivity contribution in [1.29, 1.82) is 0 Å². The topological polar surface area (TPSA) is 84.8 Å². The highest BCUT2D eigenvalue weighted by Crippen LogP contribution is 2.23. The number of nitrogens with one attached hydrogen (secondary N) is 2. The van der Waals surface area contributed by atoms with E-state index in [2.05, 4.69) is 34.5 Å². The fourth-order valence-electron chi connectivity index (χ4n) is 2.48. The molecule has 0 spiro atoms. The lowest BCUT2D eigenvalue weighted by Gasteiger charge is -2.07. The third-order valence-corrected chi connectivity index (χ3v) is 3.72. The van der Waals surface area contributed by atoms with Crippen LogP contribution in [-0.2, 0) is 18.4 Å². The Bertz CT molecular complexity index is 628. The van der Waals surface area contributed by atoms with Gasteiger partial charge in [0.1, 0.15) is 5.69 Å². The number of hydrogen-bond donors (Lipinski definition) is 2. The molecule has 2 aromatic rings. The second-order valence-corrected chi connectivity index (χ2v) is 5.25. The van der Waals surface area contributed by atoms with Crippen molar-refractivity contribution in [2.75, 3.05) is 12.4 Å². The van der Waals surface area contributed by atoms with Gasteiger partial charge in [-0.3, -0.25) is 14.6 Å². The molecule has 1 amide bonds. The number of aryl methyl sites for hydroxylation is 1. The van der Waals surface area contributed by atoms with Crippen molar-refractivity contribution in [3.05, 3.63) is 29.2 Å². The first-order chi connectivity index (χ1) is 10.6. The van der Waals surface area contributed by atoms with Crippen LogP contribution in [0.4, 0.5) is 5.82 Å². The molecule has 22 heavy (non-hydrogen) atoms. The second kappa shape index (κ2) is 7.22. The molecule has 2 N–H and O–H groups in total. The van der Waals surface area contributed by atoms with Gasteiger partial charge in [0.2, 0.25) is 0 Å². The number of aromatic amines is 1.